The molecule has 0 aliphatic carbocycles. The van der Waals surface area contributed by atoms with E-state index in [4.69, 9.17) is 13.9 Å². The molecule has 7 nitrogen and oxygen atoms in total. The fourth-order valence-electron chi connectivity index (χ4n) is 3.76. The number of hydrogen-bond acceptors (Lipinski definition) is 5. The van der Waals surface area contributed by atoms with Crippen LogP contribution >= 0.6 is 0 Å². The van der Waals surface area contributed by atoms with Crippen molar-refractivity contribution in [2.45, 2.75) is 43.7 Å². The lowest BCUT2D eigenvalue weighted by Gasteiger charge is -2.29. The number of fused-ring (bicyclic) bond motifs is 1. The molecule has 2 amide bonds. The normalized spacial score (nSPS) is 23.3. The molecular weight excluding hydrogens is 360 g/mol. The fraction of sp³-hybridized carbons (Fsp3) is 0.429. The van der Waals surface area contributed by atoms with Crippen molar-refractivity contribution in [1.29, 1.82) is 0 Å². The summed E-state index contributed by atoms with van der Waals surface area (Å²) in [5.41, 5.74) is -0.421. The molecule has 1 aromatic heterocycles. The van der Waals surface area contributed by atoms with E-state index in [0.29, 0.717) is 51.0 Å². The van der Waals surface area contributed by atoms with Crippen LogP contribution in [0.2, 0.25) is 0 Å². The first-order valence-corrected chi connectivity index (χ1v) is 9.60. The van der Waals surface area contributed by atoms with E-state index in [1.54, 1.807) is 6.26 Å². The topological polar surface area (TPSA) is 89.8 Å². The van der Waals surface area contributed by atoms with E-state index >= 15 is 0 Å². The molecule has 0 radical (unpaired) electrons. The molecule has 3 heterocycles. The molecule has 1 aromatic carbocycles. The van der Waals surface area contributed by atoms with Crippen LogP contribution in [0.1, 0.15) is 31.4 Å². The summed E-state index contributed by atoms with van der Waals surface area (Å²) in [5.74, 6) is 2.19. The molecule has 1 fully saturated rings. The van der Waals surface area contributed by atoms with Gasteiger partial charge in [-0.1, -0.05) is 12.1 Å². The first-order chi connectivity index (χ1) is 13.6. The van der Waals surface area contributed by atoms with E-state index in [1.165, 1.54) is 0 Å². The van der Waals surface area contributed by atoms with Crippen LogP contribution in [0.5, 0.6) is 11.5 Å². The third-order valence-corrected chi connectivity index (χ3v) is 5.25. The second kappa shape index (κ2) is 7.96. The smallest absolute Gasteiger partial charge is 0.220 e. The van der Waals surface area contributed by atoms with Crippen molar-refractivity contribution >= 4 is 11.8 Å². The molecule has 2 aromatic rings. The molecule has 28 heavy (non-hydrogen) atoms. The Morgan fingerprint density at radius 3 is 2.82 bits per heavy atom. The van der Waals surface area contributed by atoms with Crippen molar-refractivity contribution < 1.29 is 23.5 Å². The molecule has 4 rings (SSSR count). The van der Waals surface area contributed by atoms with Gasteiger partial charge in [0.15, 0.2) is 11.5 Å². The number of benzene rings is 1. The van der Waals surface area contributed by atoms with Crippen LogP contribution in [0.15, 0.2) is 47.1 Å². The Bertz CT molecular complexity index is 835. The summed E-state index contributed by atoms with van der Waals surface area (Å²) in [6, 6.07) is 11.2. The number of rotatable bonds is 7. The highest BCUT2D eigenvalue weighted by molar-refractivity contribution is 5.80. The van der Waals surface area contributed by atoms with Gasteiger partial charge in [0.05, 0.1) is 12.8 Å². The lowest BCUT2D eigenvalue weighted by molar-refractivity contribution is -0.123. The second-order valence-electron chi connectivity index (χ2n) is 7.39. The van der Waals surface area contributed by atoms with E-state index in [-0.39, 0.29) is 17.9 Å². The number of para-hydroxylation sites is 2. The molecule has 2 aliphatic heterocycles. The van der Waals surface area contributed by atoms with Crippen LogP contribution in [-0.4, -0.2) is 36.6 Å². The minimum Gasteiger partial charge on any atom is -0.486 e. The minimum absolute atomic E-state index is 0.0263. The van der Waals surface area contributed by atoms with E-state index in [1.807, 2.05) is 36.4 Å². The lowest BCUT2D eigenvalue weighted by Crippen LogP contribution is -2.45. The van der Waals surface area contributed by atoms with Gasteiger partial charge in [0.1, 0.15) is 18.5 Å². The Balaban J connectivity index is 1.27. The SMILES string of the molecule is O=C(CC[C@]1(Cc2ccco2)CCC(=O)N1)NC[C@H]1COc2ccccc2O1. The number of nitrogens with one attached hydrogen (secondary N) is 2. The average molecular weight is 384 g/mol. The first kappa shape index (κ1) is 18.4. The molecule has 0 unspecified atom stereocenters. The van der Waals surface area contributed by atoms with Crippen LogP contribution in [0.3, 0.4) is 0 Å². The molecule has 148 valence electrons. The third kappa shape index (κ3) is 4.30. The largest absolute Gasteiger partial charge is 0.486 e. The van der Waals surface area contributed by atoms with Gasteiger partial charge in [-0.15, -0.1) is 0 Å². The van der Waals surface area contributed by atoms with Gasteiger partial charge in [-0.2, -0.15) is 0 Å². The molecule has 7 heteroatoms. The summed E-state index contributed by atoms with van der Waals surface area (Å²) in [6.07, 6.45) is 4.07. The highest BCUT2D eigenvalue weighted by atomic mass is 16.6. The van der Waals surface area contributed by atoms with E-state index < -0.39 is 5.54 Å². The number of carbonyl (C=O) groups excluding carboxylic acids is 2. The summed E-state index contributed by atoms with van der Waals surface area (Å²) in [5, 5.41) is 5.97. The van der Waals surface area contributed by atoms with Crippen LogP contribution in [-0.2, 0) is 16.0 Å². The maximum atomic E-state index is 12.4. The van der Waals surface area contributed by atoms with Crippen molar-refractivity contribution in [3.63, 3.8) is 0 Å². The molecule has 0 saturated carbocycles. The molecule has 2 N–H and O–H groups in total. The monoisotopic (exact) mass is 384 g/mol. The summed E-state index contributed by atoms with van der Waals surface area (Å²) in [4.78, 5) is 24.2. The number of amides is 2. The predicted molar refractivity (Wildman–Crippen MR) is 101 cm³/mol. The Morgan fingerprint density at radius 1 is 1.21 bits per heavy atom. The van der Waals surface area contributed by atoms with Crippen molar-refractivity contribution in [2.24, 2.45) is 0 Å². The molecule has 0 bridgehead atoms. The molecule has 2 atom stereocenters. The van der Waals surface area contributed by atoms with E-state index in [0.717, 1.165) is 11.5 Å². The van der Waals surface area contributed by atoms with Crippen LogP contribution in [0.4, 0.5) is 0 Å². The fourth-order valence-corrected chi connectivity index (χ4v) is 3.76. The Labute approximate surface area is 163 Å². The van der Waals surface area contributed by atoms with Gasteiger partial charge in [-0.25, -0.2) is 0 Å². The summed E-state index contributed by atoms with van der Waals surface area (Å²) >= 11 is 0. The van der Waals surface area contributed by atoms with E-state index in [9.17, 15) is 9.59 Å². The molecular formula is C21H24N2O5. The third-order valence-electron chi connectivity index (χ3n) is 5.25. The Morgan fingerprint density at radius 2 is 2.07 bits per heavy atom. The van der Waals surface area contributed by atoms with Gasteiger partial charge >= 0.3 is 0 Å². The van der Waals surface area contributed by atoms with Crippen LogP contribution in [0.25, 0.3) is 0 Å². The number of furan rings is 1. The van der Waals surface area contributed by atoms with Gasteiger partial charge in [-0.3, -0.25) is 9.59 Å². The highest BCUT2D eigenvalue weighted by Crippen LogP contribution is 2.31. The van der Waals surface area contributed by atoms with Gasteiger partial charge in [0.2, 0.25) is 11.8 Å². The molecule has 2 aliphatic rings. The Kier molecular flexibility index (Phi) is 5.23. The van der Waals surface area contributed by atoms with Gasteiger partial charge < -0.3 is 24.5 Å². The summed E-state index contributed by atoms with van der Waals surface area (Å²) in [7, 11) is 0. The maximum absolute atomic E-state index is 12.4. The maximum Gasteiger partial charge on any atom is 0.220 e. The lowest BCUT2D eigenvalue weighted by atomic mass is 9.87. The van der Waals surface area contributed by atoms with Gasteiger partial charge in [0.25, 0.3) is 0 Å². The zero-order chi connectivity index (χ0) is 19.4. The minimum atomic E-state index is -0.421. The van der Waals surface area contributed by atoms with Crippen LogP contribution < -0.4 is 20.1 Å². The average Bonchev–Trinajstić information content (AvgIpc) is 3.35. The number of hydrogen-bond donors (Lipinski definition) is 2. The quantitative estimate of drug-likeness (QED) is 0.764. The van der Waals surface area contributed by atoms with E-state index in [2.05, 4.69) is 10.6 Å². The van der Waals surface area contributed by atoms with Crippen LogP contribution in [0, 0.1) is 0 Å². The van der Waals surface area contributed by atoms with Crippen molar-refractivity contribution in [3.05, 3.63) is 48.4 Å². The molecule has 1 saturated heterocycles. The first-order valence-electron chi connectivity index (χ1n) is 9.60. The standard InChI is InChI=1S/C21H24N2O5/c24-19(22-13-16-14-27-17-5-1-2-6-18(17)28-16)7-9-21(10-8-20(25)23-21)12-15-4-3-11-26-15/h1-6,11,16H,7-10,12-14H2,(H,22,24)(H,23,25)/t16-,21+/m0/s1. The number of ether oxygens (including phenoxy) is 2. The van der Waals surface area contributed by atoms with Crippen molar-refractivity contribution in [3.8, 4) is 11.5 Å². The molecule has 0 spiro atoms. The number of carbonyl (C=O) groups is 2. The zero-order valence-corrected chi connectivity index (χ0v) is 15.6. The van der Waals surface area contributed by atoms with Gasteiger partial charge in [0, 0.05) is 24.8 Å². The second-order valence-corrected chi connectivity index (χ2v) is 7.39. The summed E-state index contributed by atoms with van der Waals surface area (Å²) < 4.78 is 17.0. The highest BCUT2D eigenvalue weighted by Gasteiger charge is 2.38. The summed E-state index contributed by atoms with van der Waals surface area (Å²) in [6.45, 7) is 0.778. The zero-order valence-electron chi connectivity index (χ0n) is 15.6. The van der Waals surface area contributed by atoms with Gasteiger partial charge in [-0.05, 0) is 37.1 Å². The Hall–Kier alpha value is -2.96. The predicted octanol–water partition coefficient (Wildman–Crippen LogP) is 2.21. The van der Waals surface area contributed by atoms with Crippen molar-refractivity contribution in [1.82, 2.24) is 10.6 Å². The van der Waals surface area contributed by atoms with Crippen molar-refractivity contribution in [2.75, 3.05) is 13.2 Å².